The average Bonchev–Trinajstić information content (AvgIpc) is 3.30. The lowest BCUT2D eigenvalue weighted by Crippen LogP contribution is -2.12. The molecule has 0 saturated heterocycles. The van der Waals surface area contributed by atoms with Gasteiger partial charge in [-0.2, -0.15) is 0 Å². The van der Waals surface area contributed by atoms with Gasteiger partial charge in [-0.1, -0.05) is 48.5 Å². The highest BCUT2D eigenvalue weighted by atomic mass is 32.1. The second kappa shape index (κ2) is 6.62. The Balaban J connectivity index is 1.47. The normalized spacial score (nSPS) is 11.2. The molecule has 0 bridgehead atoms. The smallest absolute Gasteiger partial charge is 0.256 e. The van der Waals surface area contributed by atoms with Crippen LogP contribution in [0.1, 0.15) is 16.1 Å². The van der Waals surface area contributed by atoms with Crippen LogP contribution < -0.4 is 5.32 Å². The Kier molecular flexibility index (Phi) is 3.95. The van der Waals surface area contributed by atoms with E-state index in [2.05, 4.69) is 22.0 Å². The summed E-state index contributed by atoms with van der Waals surface area (Å²) in [6, 6.07) is 21.5. The SMILES string of the molecule is Cc1csc2nc(-c3cccc(NC(=O)c4cccc5ccccc45)c3)cn12. The minimum absolute atomic E-state index is 0.115. The molecule has 4 nitrogen and oxygen atoms in total. The monoisotopic (exact) mass is 383 g/mol. The van der Waals surface area contributed by atoms with E-state index in [1.807, 2.05) is 72.9 Å². The Hall–Kier alpha value is -3.44. The van der Waals surface area contributed by atoms with E-state index < -0.39 is 0 Å². The fourth-order valence-corrected chi connectivity index (χ4v) is 4.26. The highest BCUT2D eigenvalue weighted by Gasteiger charge is 2.12. The van der Waals surface area contributed by atoms with Crippen molar-refractivity contribution in [1.29, 1.82) is 0 Å². The molecule has 2 heterocycles. The molecule has 2 aromatic heterocycles. The zero-order valence-electron chi connectivity index (χ0n) is 15.2. The summed E-state index contributed by atoms with van der Waals surface area (Å²) in [6.07, 6.45) is 2.03. The lowest BCUT2D eigenvalue weighted by Gasteiger charge is -2.09. The lowest BCUT2D eigenvalue weighted by molar-refractivity contribution is 0.102. The van der Waals surface area contributed by atoms with Gasteiger partial charge < -0.3 is 5.32 Å². The highest BCUT2D eigenvalue weighted by Crippen LogP contribution is 2.26. The summed E-state index contributed by atoms with van der Waals surface area (Å²) in [5, 5.41) is 7.12. The van der Waals surface area contributed by atoms with E-state index in [1.165, 1.54) is 5.69 Å². The number of aryl methyl sites for hydroxylation is 1. The maximum atomic E-state index is 12.9. The summed E-state index contributed by atoms with van der Waals surface area (Å²) in [7, 11) is 0. The van der Waals surface area contributed by atoms with Gasteiger partial charge >= 0.3 is 0 Å². The summed E-state index contributed by atoms with van der Waals surface area (Å²) in [4.78, 5) is 18.6. The van der Waals surface area contributed by atoms with Gasteiger partial charge in [0.15, 0.2) is 4.96 Å². The zero-order valence-corrected chi connectivity index (χ0v) is 16.0. The third-order valence-electron chi connectivity index (χ3n) is 4.84. The van der Waals surface area contributed by atoms with Gasteiger partial charge in [0.05, 0.1) is 5.69 Å². The van der Waals surface area contributed by atoms with Crippen molar-refractivity contribution in [2.75, 3.05) is 5.32 Å². The molecule has 0 aliphatic heterocycles. The first-order valence-corrected chi connectivity index (χ1v) is 9.90. The van der Waals surface area contributed by atoms with E-state index in [4.69, 9.17) is 4.98 Å². The van der Waals surface area contributed by atoms with E-state index in [0.717, 1.165) is 32.7 Å². The molecule has 0 unspecified atom stereocenters. The van der Waals surface area contributed by atoms with E-state index >= 15 is 0 Å². The fourth-order valence-electron chi connectivity index (χ4n) is 3.41. The maximum Gasteiger partial charge on any atom is 0.256 e. The van der Waals surface area contributed by atoms with Crippen molar-refractivity contribution in [3.63, 3.8) is 0 Å². The molecule has 3 aromatic carbocycles. The highest BCUT2D eigenvalue weighted by molar-refractivity contribution is 7.15. The quantitative estimate of drug-likeness (QED) is 0.429. The predicted octanol–water partition coefficient (Wildman–Crippen LogP) is 5.78. The average molecular weight is 383 g/mol. The molecule has 28 heavy (non-hydrogen) atoms. The number of nitrogens with zero attached hydrogens (tertiary/aromatic N) is 2. The molecule has 5 aromatic rings. The summed E-state index contributed by atoms with van der Waals surface area (Å²) < 4.78 is 2.08. The minimum atomic E-state index is -0.115. The first-order chi connectivity index (χ1) is 13.7. The van der Waals surface area contributed by atoms with Gasteiger partial charge in [-0.3, -0.25) is 9.20 Å². The second-order valence-corrected chi connectivity index (χ2v) is 7.55. The Morgan fingerprint density at radius 2 is 1.86 bits per heavy atom. The molecule has 0 radical (unpaired) electrons. The third-order valence-corrected chi connectivity index (χ3v) is 5.80. The van der Waals surface area contributed by atoms with E-state index in [1.54, 1.807) is 11.3 Å². The molecule has 0 saturated carbocycles. The first-order valence-electron chi connectivity index (χ1n) is 9.02. The number of hydrogen-bond donors (Lipinski definition) is 1. The van der Waals surface area contributed by atoms with Crippen LogP contribution in [0.5, 0.6) is 0 Å². The zero-order chi connectivity index (χ0) is 19.1. The van der Waals surface area contributed by atoms with Crippen LogP contribution in [-0.4, -0.2) is 15.3 Å². The second-order valence-electron chi connectivity index (χ2n) is 6.72. The molecular formula is C23H17N3OS. The number of aromatic nitrogens is 2. The van der Waals surface area contributed by atoms with Crippen LogP contribution >= 0.6 is 11.3 Å². The Bertz CT molecular complexity index is 1330. The molecule has 5 rings (SSSR count). The van der Waals surface area contributed by atoms with Crippen LogP contribution in [0.4, 0.5) is 5.69 Å². The minimum Gasteiger partial charge on any atom is -0.322 e. The standard InChI is InChI=1S/C23H17N3OS/c1-15-14-28-23-25-21(13-26(15)23)17-8-4-9-18(12-17)24-22(27)20-11-5-7-16-6-2-3-10-19(16)20/h2-14H,1H3,(H,24,27). The van der Waals surface area contributed by atoms with Crippen LogP contribution in [0.3, 0.4) is 0 Å². The molecule has 1 N–H and O–H groups in total. The number of carbonyl (C=O) groups is 1. The lowest BCUT2D eigenvalue weighted by atomic mass is 10.0. The molecule has 136 valence electrons. The maximum absolute atomic E-state index is 12.9. The van der Waals surface area contributed by atoms with Crippen LogP contribution in [0.15, 0.2) is 78.3 Å². The number of carbonyl (C=O) groups excluding carboxylic acids is 1. The number of rotatable bonds is 3. The number of amides is 1. The topological polar surface area (TPSA) is 46.4 Å². The summed E-state index contributed by atoms with van der Waals surface area (Å²) in [6.45, 7) is 2.07. The van der Waals surface area contributed by atoms with Crippen molar-refractivity contribution in [1.82, 2.24) is 9.38 Å². The van der Waals surface area contributed by atoms with Crippen molar-refractivity contribution < 1.29 is 4.79 Å². The van der Waals surface area contributed by atoms with Gasteiger partial charge in [-0.25, -0.2) is 4.98 Å². The molecule has 1 amide bonds. The third kappa shape index (κ3) is 2.86. The van der Waals surface area contributed by atoms with Gasteiger partial charge in [0.1, 0.15) is 0 Å². The van der Waals surface area contributed by atoms with Gasteiger partial charge in [0, 0.05) is 34.1 Å². The number of nitrogens with one attached hydrogen (secondary N) is 1. The molecule has 0 atom stereocenters. The fraction of sp³-hybridized carbons (Fsp3) is 0.0435. The van der Waals surface area contributed by atoms with Crippen LogP contribution in [0.25, 0.3) is 27.0 Å². The number of anilines is 1. The van der Waals surface area contributed by atoms with Gasteiger partial charge in [0.2, 0.25) is 0 Å². The van der Waals surface area contributed by atoms with Crippen LogP contribution in [0.2, 0.25) is 0 Å². The van der Waals surface area contributed by atoms with Gasteiger partial charge in [0.25, 0.3) is 5.91 Å². The summed E-state index contributed by atoms with van der Waals surface area (Å²) >= 11 is 1.62. The summed E-state index contributed by atoms with van der Waals surface area (Å²) in [5.41, 5.74) is 4.46. The molecule has 0 spiro atoms. The first kappa shape index (κ1) is 16.7. The van der Waals surface area contributed by atoms with Crippen molar-refractivity contribution in [3.05, 3.63) is 89.6 Å². The van der Waals surface area contributed by atoms with Crippen LogP contribution in [-0.2, 0) is 0 Å². The number of imidazole rings is 1. The van der Waals surface area contributed by atoms with Crippen molar-refractivity contribution >= 4 is 38.7 Å². The van der Waals surface area contributed by atoms with E-state index in [0.29, 0.717) is 5.56 Å². The largest absolute Gasteiger partial charge is 0.322 e. The number of fused-ring (bicyclic) bond motifs is 2. The summed E-state index contributed by atoms with van der Waals surface area (Å²) in [5.74, 6) is -0.115. The number of thiazole rings is 1. The van der Waals surface area contributed by atoms with E-state index in [-0.39, 0.29) is 5.91 Å². The molecule has 5 heteroatoms. The predicted molar refractivity (Wildman–Crippen MR) is 115 cm³/mol. The van der Waals surface area contributed by atoms with Gasteiger partial charge in [-0.15, -0.1) is 11.3 Å². The Labute approximate surface area is 166 Å². The molecule has 0 aliphatic carbocycles. The number of benzene rings is 3. The van der Waals surface area contributed by atoms with Crippen LogP contribution in [0, 0.1) is 6.92 Å². The number of hydrogen-bond acceptors (Lipinski definition) is 3. The Morgan fingerprint density at radius 3 is 2.75 bits per heavy atom. The van der Waals surface area contributed by atoms with E-state index in [9.17, 15) is 4.79 Å². The van der Waals surface area contributed by atoms with Crippen molar-refractivity contribution in [2.45, 2.75) is 6.92 Å². The molecular weight excluding hydrogens is 366 g/mol. The molecule has 0 fully saturated rings. The van der Waals surface area contributed by atoms with Crippen molar-refractivity contribution in [2.24, 2.45) is 0 Å². The van der Waals surface area contributed by atoms with Crippen molar-refractivity contribution in [3.8, 4) is 11.3 Å². The van der Waals surface area contributed by atoms with Gasteiger partial charge in [-0.05, 0) is 35.9 Å². The Morgan fingerprint density at radius 1 is 1.04 bits per heavy atom. The molecule has 0 aliphatic rings.